The van der Waals surface area contributed by atoms with Gasteiger partial charge in [0.25, 0.3) is 0 Å². The van der Waals surface area contributed by atoms with Crippen LogP contribution in [0.15, 0.2) is 12.7 Å². The van der Waals surface area contributed by atoms with Crippen molar-refractivity contribution >= 4 is 22.9 Å². The third-order valence-corrected chi connectivity index (χ3v) is 3.10. The highest BCUT2D eigenvalue weighted by Crippen LogP contribution is 2.25. The maximum Gasteiger partial charge on any atom is 0.243 e. The van der Waals surface area contributed by atoms with E-state index in [0.717, 1.165) is 0 Å². The Labute approximate surface area is 102 Å². The van der Waals surface area contributed by atoms with Crippen molar-refractivity contribution in [3.8, 4) is 0 Å². The van der Waals surface area contributed by atoms with Crippen molar-refractivity contribution < 1.29 is 9.90 Å². The monoisotopic (exact) mass is 248 g/mol. The lowest BCUT2D eigenvalue weighted by Gasteiger charge is -2.09. The number of hydrogen-bond donors (Lipinski definition) is 3. The van der Waals surface area contributed by atoms with E-state index in [2.05, 4.69) is 20.3 Å². The van der Waals surface area contributed by atoms with E-state index in [0.29, 0.717) is 17.6 Å². The molecule has 94 valence electrons. The number of hydrogen-bond acceptors (Lipinski definition) is 6. The van der Waals surface area contributed by atoms with Gasteiger partial charge in [0.05, 0.1) is 19.0 Å². The van der Waals surface area contributed by atoms with Gasteiger partial charge in [0.2, 0.25) is 5.91 Å². The molecule has 0 aliphatic carbocycles. The zero-order chi connectivity index (χ0) is 12.7. The number of amides is 1. The van der Waals surface area contributed by atoms with E-state index in [-0.39, 0.29) is 24.4 Å². The number of aromatic nitrogens is 4. The average Bonchev–Trinajstić information content (AvgIpc) is 2.93. The van der Waals surface area contributed by atoms with Crippen LogP contribution in [0.3, 0.4) is 0 Å². The molecule has 18 heavy (non-hydrogen) atoms. The quantitative estimate of drug-likeness (QED) is 0.616. The summed E-state index contributed by atoms with van der Waals surface area (Å²) in [5.74, 6) is 0.140. The van der Waals surface area contributed by atoms with Crippen molar-refractivity contribution in [2.75, 3.05) is 12.3 Å². The van der Waals surface area contributed by atoms with E-state index in [1.54, 1.807) is 4.57 Å². The lowest BCUT2D eigenvalue weighted by Crippen LogP contribution is -2.29. The van der Waals surface area contributed by atoms with Crippen LogP contribution in [-0.4, -0.2) is 43.2 Å². The molecule has 0 unspecified atom stereocenters. The minimum Gasteiger partial charge on any atom is -0.394 e. The van der Waals surface area contributed by atoms with Gasteiger partial charge < -0.3 is 20.7 Å². The highest BCUT2D eigenvalue weighted by atomic mass is 16.3. The van der Waals surface area contributed by atoms with E-state index >= 15 is 0 Å². The molecule has 8 heteroatoms. The lowest BCUT2D eigenvalue weighted by molar-refractivity contribution is -0.122. The molecule has 0 bridgehead atoms. The van der Waals surface area contributed by atoms with Crippen LogP contribution in [0.5, 0.6) is 0 Å². The van der Waals surface area contributed by atoms with Crippen molar-refractivity contribution in [2.45, 2.75) is 18.5 Å². The standard InChI is InChI=1S/C10H12N6O2/c11-8-7-9(13-3-12-8)16(4-14-7)6-1-5(2-17)15-10(6)18/h3-6,17H,1-2H2,(H,15,18)(H2,11,12,13)/t5-,6-/m1/s1. The second-order valence-corrected chi connectivity index (χ2v) is 4.22. The van der Waals surface area contributed by atoms with E-state index in [4.69, 9.17) is 10.8 Å². The van der Waals surface area contributed by atoms with Crippen LogP contribution in [0.25, 0.3) is 11.2 Å². The molecule has 1 saturated heterocycles. The van der Waals surface area contributed by atoms with Gasteiger partial charge in [-0.05, 0) is 6.42 Å². The number of anilines is 1. The Balaban J connectivity index is 2.05. The number of nitrogens with zero attached hydrogens (tertiary/aromatic N) is 4. The smallest absolute Gasteiger partial charge is 0.243 e. The van der Waals surface area contributed by atoms with Crippen LogP contribution in [0.2, 0.25) is 0 Å². The van der Waals surface area contributed by atoms with E-state index in [1.165, 1.54) is 12.7 Å². The number of nitrogens with one attached hydrogen (secondary N) is 1. The predicted octanol–water partition coefficient (Wildman–Crippen LogP) is -1.17. The maximum absolute atomic E-state index is 11.8. The van der Waals surface area contributed by atoms with Crippen molar-refractivity contribution in [3.05, 3.63) is 12.7 Å². The van der Waals surface area contributed by atoms with Crippen LogP contribution in [0, 0.1) is 0 Å². The molecule has 0 radical (unpaired) electrons. The number of carbonyl (C=O) groups is 1. The van der Waals surface area contributed by atoms with Crippen LogP contribution < -0.4 is 11.1 Å². The number of imidazole rings is 1. The molecule has 3 rings (SSSR count). The summed E-state index contributed by atoms with van der Waals surface area (Å²) in [5, 5.41) is 11.8. The molecule has 2 aromatic rings. The molecular weight excluding hydrogens is 236 g/mol. The fraction of sp³-hybridized carbons (Fsp3) is 0.400. The second-order valence-electron chi connectivity index (χ2n) is 4.22. The van der Waals surface area contributed by atoms with E-state index in [9.17, 15) is 4.79 Å². The van der Waals surface area contributed by atoms with Crippen molar-refractivity contribution in [2.24, 2.45) is 0 Å². The lowest BCUT2D eigenvalue weighted by atomic mass is 10.2. The van der Waals surface area contributed by atoms with E-state index < -0.39 is 6.04 Å². The normalized spacial score (nSPS) is 23.5. The summed E-state index contributed by atoms with van der Waals surface area (Å²) in [6, 6.07) is -0.638. The van der Waals surface area contributed by atoms with Crippen LogP contribution in [-0.2, 0) is 4.79 Å². The number of rotatable bonds is 2. The average molecular weight is 248 g/mol. The van der Waals surface area contributed by atoms with Crippen molar-refractivity contribution in [1.82, 2.24) is 24.8 Å². The molecule has 3 heterocycles. The summed E-state index contributed by atoms with van der Waals surface area (Å²) >= 11 is 0. The number of fused-ring (bicyclic) bond motifs is 1. The fourth-order valence-corrected chi connectivity index (χ4v) is 2.19. The summed E-state index contributed by atoms with van der Waals surface area (Å²) < 4.78 is 1.67. The summed E-state index contributed by atoms with van der Waals surface area (Å²) in [4.78, 5) is 23.9. The highest BCUT2D eigenvalue weighted by Gasteiger charge is 2.33. The molecule has 2 aromatic heterocycles. The molecule has 1 fully saturated rings. The fourth-order valence-electron chi connectivity index (χ4n) is 2.19. The van der Waals surface area contributed by atoms with Crippen molar-refractivity contribution in [1.29, 1.82) is 0 Å². The number of carbonyl (C=O) groups excluding carboxylic acids is 1. The summed E-state index contributed by atoms with van der Waals surface area (Å²) in [6.45, 7) is -0.0774. The zero-order valence-corrected chi connectivity index (χ0v) is 9.45. The maximum atomic E-state index is 11.8. The van der Waals surface area contributed by atoms with Crippen molar-refractivity contribution in [3.63, 3.8) is 0 Å². The Morgan fingerprint density at radius 1 is 1.50 bits per heavy atom. The molecule has 8 nitrogen and oxygen atoms in total. The number of aliphatic hydroxyl groups excluding tert-OH is 1. The molecule has 0 aromatic carbocycles. The SMILES string of the molecule is Nc1ncnc2c1ncn2[C@@H]1C[C@H](CO)NC1=O. The Morgan fingerprint density at radius 3 is 3.06 bits per heavy atom. The third-order valence-electron chi connectivity index (χ3n) is 3.10. The van der Waals surface area contributed by atoms with Crippen LogP contribution in [0.1, 0.15) is 12.5 Å². The van der Waals surface area contributed by atoms with E-state index in [1.807, 2.05) is 0 Å². The minimum atomic E-state index is -0.415. The first kappa shape index (κ1) is 10.9. The predicted molar refractivity (Wildman–Crippen MR) is 62.4 cm³/mol. The van der Waals surface area contributed by atoms with Gasteiger partial charge in [-0.25, -0.2) is 15.0 Å². The minimum absolute atomic E-state index is 0.0774. The largest absolute Gasteiger partial charge is 0.394 e. The van der Waals surface area contributed by atoms with Gasteiger partial charge in [0.15, 0.2) is 11.5 Å². The van der Waals surface area contributed by atoms with Gasteiger partial charge in [-0.15, -0.1) is 0 Å². The topological polar surface area (TPSA) is 119 Å². The molecule has 4 N–H and O–H groups in total. The molecule has 1 aliphatic rings. The molecule has 0 saturated carbocycles. The first-order valence-corrected chi connectivity index (χ1v) is 5.55. The first-order valence-electron chi connectivity index (χ1n) is 5.55. The summed E-state index contributed by atoms with van der Waals surface area (Å²) in [6.07, 6.45) is 3.37. The number of nitrogens with two attached hydrogens (primary N) is 1. The Bertz CT molecular complexity index is 609. The van der Waals surface area contributed by atoms with Gasteiger partial charge in [0.1, 0.15) is 17.9 Å². The van der Waals surface area contributed by atoms with Gasteiger partial charge in [0, 0.05) is 0 Å². The first-order chi connectivity index (χ1) is 8.70. The zero-order valence-electron chi connectivity index (χ0n) is 9.45. The van der Waals surface area contributed by atoms with Gasteiger partial charge in [-0.3, -0.25) is 4.79 Å². The van der Waals surface area contributed by atoms with Crippen LogP contribution >= 0.6 is 0 Å². The summed E-state index contributed by atoms with van der Waals surface area (Å²) in [5.41, 5.74) is 6.70. The molecule has 2 atom stereocenters. The molecule has 0 spiro atoms. The molecule has 1 aliphatic heterocycles. The number of nitrogen functional groups attached to an aromatic ring is 1. The van der Waals surface area contributed by atoms with Gasteiger partial charge in [-0.2, -0.15) is 0 Å². The Morgan fingerprint density at radius 2 is 2.33 bits per heavy atom. The second kappa shape index (κ2) is 3.91. The van der Waals surface area contributed by atoms with Gasteiger partial charge >= 0.3 is 0 Å². The van der Waals surface area contributed by atoms with Gasteiger partial charge in [-0.1, -0.05) is 0 Å². The highest BCUT2D eigenvalue weighted by molar-refractivity contribution is 5.87. The number of aliphatic hydroxyl groups is 1. The summed E-state index contributed by atoms with van der Waals surface area (Å²) in [7, 11) is 0. The molecule has 1 amide bonds. The molecular formula is C10H12N6O2. The Hall–Kier alpha value is -2.22. The van der Waals surface area contributed by atoms with Crippen LogP contribution in [0.4, 0.5) is 5.82 Å². The third kappa shape index (κ3) is 1.50. The Kier molecular flexibility index (Phi) is 2.37.